The van der Waals surface area contributed by atoms with Crippen LogP contribution in [0.15, 0.2) is 84.9 Å². The van der Waals surface area contributed by atoms with Gasteiger partial charge in [-0.05, 0) is 35.4 Å². The molecule has 0 unspecified atom stereocenters. The van der Waals surface area contributed by atoms with Gasteiger partial charge in [-0.15, -0.1) is 0 Å². The van der Waals surface area contributed by atoms with Crippen LogP contribution in [0.25, 0.3) is 0 Å². The molecule has 37 heavy (non-hydrogen) atoms. The first-order chi connectivity index (χ1) is 17.6. The van der Waals surface area contributed by atoms with E-state index in [1.54, 1.807) is 60.7 Å². The van der Waals surface area contributed by atoms with Crippen LogP contribution in [0.5, 0.6) is 0 Å². The van der Waals surface area contributed by atoms with Gasteiger partial charge in [-0.1, -0.05) is 60.7 Å². The summed E-state index contributed by atoms with van der Waals surface area (Å²) in [5.74, 6) is -2.37. The number of hydrogen-bond acceptors (Lipinski definition) is 5. The molecule has 0 fully saturated rings. The number of carbonyl (C=O) groups is 3. The van der Waals surface area contributed by atoms with Crippen molar-refractivity contribution in [2.24, 2.45) is 0 Å². The van der Waals surface area contributed by atoms with E-state index < -0.39 is 47.7 Å². The van der Waals surface area contributed by atoms with Gasteiger partial charge in [-0.25, -0.2) is 4.79 Å². The van der Waals surface area contributed by atoms with E-state index in [4.69, 9.17) is 4.74 Å². The Labute approximate surface area is 211 Å². The number of aliphatic hydroxyl groups is 1. The lowest BCUT2D eigenvalue weighted by atomic mass is 9.99. The summed E-state index contributed by atoms with van der Waals surface area (Å²) >= 11 is 0. The largest absolute Gasteiger partial charge is 0.467 e. The number of halogens is 3. The SMILES string of the molecule is COC(=O)[C@@H](Cc1ccc(C(F)(F)F)cc1)NC(=O)[C@H](O)[C@@H](NC(=O)c1ccccc1)c1ccccc1. The summed E-state index contributed by atoms with van der Waals surface area (Å²) in [7, 11) is 1.09. The molecule has 10 heteroatoms. The van der Waals surface area contributed by atoms with Gasteiger partial charge in [-0.2, -0.15) is 13.2 Å². The maximum Gasteiger partial charge on any atom is 0.416 e. The average Bonchev–Trinajstić information content (AvgIpc) is 2.91. The van der Waals surface area contributed by atoms with Crippen LogP contribution in [-0.2, 0) is 26.9 Å². The fourth-order valence-electron chi connectivity index (χ4n) is 3.63. The molecule has 0 saturated heterocycles. The first-order valence-corrected chi connectivity index (χ1v) is 11.2. The summed E-state index contributed by atoms with van der Waals surface area (Å²) in [5.41, 5.74) is 0.220. The van der Waals surface area contributed by atoms with Crippen LogP contribution in [0.4, 0.5) is 13.2 Å². The van der Waals surface area contributed by atoms with E-state index in [-0.39, 0.29) is 6.42 Å². The molecule has 0 aromatic heterocycles. The minimum atomic E-state index is -4.52. The lowest BCUT2D eigenvalue weighted by Gasteiger charge is -2.26. The van der Waals surface area contributed by atoms with E-state index >= 15 is 0 Å². The van der Waals surface area contributed by atoms with Crippen molar-refractivity contribution >= 4 is 17.8 Å². The molecular weight excluding hydrogens is 489 g/mol. The number of aliphatic hydroxyl groups excluding tert-OH is 1. The summed E-state index contributed by atoms with van der Waals surface area (Å²) in [6.07, 6.45) is -6.51. The molecule has 2 amide bonds. The molecule has 3 rings (SSSR count). The molecule has 3 N–H and O–H groups in total. The molecule has 0 aliphatic carbocycles. The highest BCUT2D eigenvalue weighted by Crippen LogP contribution is 2.29. The van der Waals surface area contributed by atoms with Gasteiger partial charge in [0.25, 0.3) is 11.8 Å². The normalized spacial score (nSPS) is 13.6. The van der Waals surface area contributed by atoms with E-state index in [0.717, 1.165) is 19.2 Å². The number of ether oxygens (including phenoxy) is 1. The molecule has 0 spiro atoms. The molecule has 0 aliphatic heterocycles. The number of amides is 2. The topological polar surface area (TPSA) is 105 Å². The molecule has 0 heterocycles. The molecule has 0 radical (unpaired) electrons. The van der Waals surface area contributed by atoms with E-state index in [0.29, 0.717) is 16.7 Å². The highest BCUT2D eigenvalue weighted by molar-refractivity contribution is 5.95. The second kappa shape index (κ2) is 12.2. The van der Waals surface area contributed by atoms with Crippen molar-refractivity contribution < 1.29 is 37.4 Å². The van der Waals surface area contributed by atoms with Crippen LogP contribution >= 0.6 is 0 Å². The van der Waals surface area contributed by atoms with Crippen molar-refractivity contribution in [3.05, 3.63) is 107 Å². The predicted octanol–water partition coefficient (Wildman–Crippen LogP) is 3.44. The van der Waals surface area contributed by atoms with Crippen LogP contribution < -0.4 is 10.6 Å². The van der Waals surface area contributed by atoms with Gasteiger partial charge in [-0.3, -0.25) is 9.59 Å². The van der Waals surface area contributed by atoms with Gasteiger partial charge >= 0.3 is 12.1 Å². The molecule has 0 aliphatic rings. The van der Waals surface area contributed by atoms with Crippen LogP contribution in [0.3, 0.4) is 0 Å². The van der Waals surface area contributed by atoms with Crippen LogP contribution in [-0.4, -0.2) is 42.1 Å². The number of methoxy groups -OCH3 is 1. The molecule has 0 bridgehead atoms. The molecule has 3 atom stereocenters. The van der Waals surface area contributed by atoms with Crippen LogP contribution in [0, 0.1) is 0 Å². The standard InChI is InChI=1S/C27H25F3N2O5/c1-37-26(36)21(16-17-12-14-20(15-13-17)27(28,29)30)31-25(35)23(33)22(18-8-4-2-5-9-18)32-24(34)19-10-6-3-7-11-19/h2-15,21-23,33H,16H2,1H3,(H,31,35)(H,32,34)/t21-,22+,23-/m1/s1. The van der Waals surface area contributed by atoms with Gasteiger partial charge < -0.3 is 20.5 Å². The minimum absolute atomic E-state index is 0.185. The first-order valence-electron chi connectivity index (χ1n) is 11.2. The van der Waals surface area contributed by atoms with Crippen LogP contribution in [0.2, 0.25) is 0 Å². The zero-order chi connectivity index (χ0) is 27.0. The van der Waals surface area contributed by atoms with Crippen molar-refractivity contribution in [3.8, 4) is 0 Å². The molecule has 0 saturated carbocycles. The third kappa shape index (κ3) is 7.40. The highest BCUT2D eigenvalue weighted by atomic mass is 19.4. The van der Waals surface area contributed by atoms with Gasteiger partial charge in [0.05, 0.1) is 18.7 Å². The van der Waals surface area contributed by atoms with E-state index in [1.807, 2.05) is 0 Å². The third-order valence-electron chi connectivity index (χ3n) is 5.59. The Morgan fingerprint density at radius 2 is 1.43 bits per heavy atom. The monoisotopic (exact) mass is 514 g/mol. The molecule has 194 valence electrons. The van der Waals surface area contributed by atoms with Crippen molar-refractivity contribution in [3.63, 3.8) is 0 Å². The lowest BCUT2D eigenvalue weighted by molar-refractivity contribution is -0.146. The smallest absolute Gasteiger partial charge is 0.416 e. The average molecular weight is 515 g/mol. The lowest BCUT2D eigenvalue weighted by Crippen LogP contribution is -2.51. The fourth-order valence-corrected chi connectivity index (χ4v) is 3.63. The second-order valence-electron chi connectivity index (χ2n) is 8.16. The Bertz CT molecular complexity index is 1200. The van der Waals surface area contributed by atoms with Crippen molar-refractivity contribution in [2.75, 3.05) is 7.11 Å². The number of alkyl halides is 3. The third-order valence-corrected chi connectivity index (χ3v) is 5.59. The molecule has 3 aromatic rings. The van der Waals surface area contributed by atoms with Gasteiger partial charge in [0.15, 0.2) is 6.10 Å². The summed E-state index contributed by atoms with van der Waals surface area (Å²) in [5, 5.41) is 15.9. The number of nitrogens with one attached hydrogen (secondary N) is 2. The number of rotatable bonds is 9. The van der Waals surface area contributed by atoms with Gasteiger partial charge in [0.2, 0.25) is 0 Å². The zero-order valence-corrected chi connectivity index (χ0v) is 19.7. The van der Waals surface area contributed by atoms with E-state index in [2.05, 4.69) is 10.6 Å². The maximum atomic E-state index is 13.0. The molecule has 7 nitrogen and oxygen atoms in total. The number of carbonyl (C=O) groups excluding carboxylic acids is 3. The summed E-state index contributed by atoms with van der Waals surface area (Å²) in [4.78, 5) is 38.1. The Morgan fingerprint density at radius 3 is 1.97 bits per heavy atom. The Balaban J connectivity index is 1.79. The fraction of sp³-hybridized carbons (Fsp3) is 0.222. The number of benzene rings is 3. The first kappa shape index (κ1) is 27.4. The number of esters is 1. The van der Waals surface area contributed by atoms with E-state index in [1.165, 1.54) is 12.1 Å². The predicted molar refractivity (Wildman–Crippen MR) is 128 cm³/mol. The Hall–Kier alpha value is -4.18. The highest BCUT2D eigenvalue weighted by Gasteiger charge is 2.33. The van der Waals surface area contributed by atoms with Gasteiger partial charge in [0.1, 0.15) is 6.04 Å². The zero-order valence-electron chi connectivity index (χ0n) is 19.7. The number of hydrogen-bond donors (Lipinski definition) is 3. The van der Waals surface area contributed by atoms with Gasteiger partial charge in [0, 0.05) is 12.0 Å². The maximum absolute atomic E-state index is 13.0. The summed E-state index contributed by atoms with van der Waals surface area (Å²) in [6, 6.07) is 18.1. The molecular formula is C27H25F3N2O5. The summed E-state index contributed by atoms with van der Waals surface area (Å²) in [6.45, 7) is 0. The Morgan fingerprint density at radius 1 is 0.865 bits per heavy atom. The molecule has 3 aromatic carbocycles. The Kier molecular flexibility index (Phi) is 9.02. The second-order valence-corrected chi connectivity index (χ2v) is 8.16. The van der Waals surface area contributed by atoms with Crippen molar-refractivity contribution in [1.82, 2.24) is 10.6 Å². The van der Waals surface area contributed by atoms with E-state index in [9.17, 15) is 32.7 Å². The van der Waals surface area contributed by atoms with Crippen LogP contribution in [0.1, 0.15) is 33.1 Å². The quantitative estimate of drug-likeness (QED) is 0.380. The van der Waals surface area contributed by atoms with Crippen molar-refractivity contribution in [2.45, 2.75) is 30.8 Å². The van der Waals surface area contributed by atoms with Crippen molar-refractivity contribution in [1.29, 1.82) is 0 Å². The minimum Gasteiger partial charge on any atom is -0.467 e. The summed E-state index contributed by atoms with van der Waals surface area (Å²) < 4.78 is 43.3.